The Morgan fingerprint density at radius 1 is 0.585 bits per heavy atom. The fourth-order valence-electron chi connectivity index (χ4n) is 4.08. The molecule has 0 amide bonds. The molecule has 0 radical (unpaired) electrons. The van der Waals surface area contributed by atoms with Gasteiger partial charge in [0.15, 0.2) is 11.6 Å². The van der Waals surface area contributed by atoms with Crippen LogP contribution in [-0.4, -0.2) is 78.9 Å². The van der Waals surface area contributed by atoms with Gasteiger partial charge in [-0.2, -0.15) is 65.9 Å². The van der Waals surface area contributed by atoms with Crippen molar-refractivity contribution >= 4 is 0 Å². The number of ether oxygens (including phenoxy) is 5. The summed E-state index contributed by atoms with van der Waals surface area (Å²) in [5.41, 5.74) is 0.582. The molecule has 0 bridgehead atoms. The van der Waals surface area contributed by atoms with Gasteiger partial charge in [0.05, 0.1) is 32.2 Å². The number of halogens is 15. The van der Waals surface area contributed by atoms with Crippen LogP contribution in [0.2, 0.25) is 0 Å². The third-order valence-corrected chi connectivity index (χ3v) is 6.95. The molecule has 53 heavy (non-hydrogen) atoms. The molecule has 0 spiro atoms. The highest BCUT2D eigenvalue weighted by atomic mass is 19.4. The summed E-state index contributed by atoms with van der Waals surface area (Å²) in [5.74, 6) is -15.4. The quantitative estimate of drug-likeness (QED) is 0.0773. The van der Waals surface area contributed by atoms with Gasteiger partial charge in [0.25, 0.3) is 0 Å². The molecule has 1 atom stereocenters. The smallest absolute Gasteiger partial charge is 0.460 e. The molecule has 0 saturated heterocycles. The minimum Gasteiger partial charge on any atom is -0.493 e. The van der Waals surface area contributed by atoms with E-state index in [0.29, 0.717) is 23.7 Å². The zero-order chi connectivity index (χ0) is 40.4. The number of hydrogen-bond acceptors (Lipinski definition) is 7. The standard InChI is InChI=1S/C31H35F15N2O5/c1-3-4-5-6-7-8-9-14-50-23-15-47-24(48-16-23)21-10-12-22(13-11-21)51-18-20(2)17-49-19-25(32,33)52-30(43,44)31(45,46)53-29(41,42)27(36,37)26(34,35)28(38,39)40/h10-13,15-16,20H,3-9,14,17-19H2,1-2H3/t20-/m1/s1. The van der Waals surface area contributed by atoms with Crippen LogP contribution >= 0.6 is 0 Å². The van der Waals surface area contributed by atoms with E-state index in [0.717, 1.165) is 19.3 Å². The van der Waals surface area contributed by atoms with E-state index in [2.05, 4.69) is 26.4 Å². The van der Waals surface area contributed by atoms with Gasteiger partial charge in [-0.1, -0.05) is 52.4 Å². The number of alkyl halides is 15. The van der Waals surface area contributed by atoms with Crippen LogP contribution in [0.3, 0.4) is 0 Å². The zero-order valence-electron chi connectivity index (χ0n) is 27.9. The van der Waals surface area contributed by atoms with Gasteiger partial charge in [0.1, 0.15) is 12.4 Å². The summed E-state index contributed by atoms with van der Waals surface area (Å²) in [4.78, 5) is 8.49. The fourth-order valence-corrected chi connectivity index (χ4v) is 4.08. The van der Waals surface area contributed by atoms with Gasteiger partial charge >= 0.3 is 42.5 Å². The number of unbranched alkanes of at least 4 members (excludes halogenated alkanes) is 6. The predicted octanol–water partition coefficient (Wildman–Crippen LogP) is 10.5. The summed E-state index contributed by atoms with van der Waals surface area (Å²) in [6, 6.07) is 6.16. The van der Waals surface area contributed by atoms with Gasteiger partial charge in [-0.25, -0.2) is 19.4 Å². The van der Waals surface area contributed by atoms with Gasteiger partial charge in [0.2, 0.25) is 0 Å². The topological polar surface area (TPSA) is 71.9 Å². The maximum absolute atomic E-state index is 13.8. The van der Waals surface area contributed by atoms with Crippen molar-refractivity contribution in [2.45, 2.75) is 101 Å². The fraction of sp³-hybridized carbons (Fsp3) is 0.677. The average Bonchev–Trinajstić information content (AvgIpc) is 3.03. The zero-order valence-corrected chi connectivity index (χ0v) is 27.9. The van der Waals surface area contributed by atoms with E-state index in [1.807, 2.05) is 0 Å². The van der Waals surface area contributed by atoms with Crippen LogP contribution in [-0.2, 0) is 14.2 Å². The summed E-state index contributed by atoms with van der Waals surface area (Å²) in [6.45, 7) is 0.690. The third kappa shape index (κ3) is 12.9. The number of hydrogen-bond donors (Lipinski definition) is 0. The summed E-state index contributed by atoms with van der Waals surface area (Å²) in [7, 11) is 0. The van der Waals surface area contributed by atoms with Crippen LogP contribution in [0, 0.1) is 5.92 Å². The van der Waals surface area contributed by atoms with Crippen molar-refractivity contribution in [3.63, 3.8) is 0 Å². The second kappa shape index (κ2) is 18.4. The Hall–Kier alpha value is -3.27. The first-order valence-electron chi connectivity index (χ1n) is 15.8. The normalized spacial score (nSPS) is 14.4. The monoisotopic (exact) mass is 800 g/mol. The second-order valence-corrected chi connectivity index (χ2v) is 11.7. The Labute approximate surface area is 293 Å². The lowest BCUT2D eigenvalue weighted by Crippen LogP contribution is -2.64. The summed E-state index contributed by atoms with van der Waals surface area (Å²) in [6.07, 6.45) is -24.1. The molecular weight excluding hydrogens is 765 g/mol. The highest BCUT2D eigenvalue weighted by molar-refractivity contribution is 5.56. The number of rotatable bonds is 24. The Bertz CT molecular complexity index is 1380. The molecule has 1 aromatic heterocycles. The van der Waals surface area contributed by atoms with Gasteiger partial charge in [-0.15, -0.1) is 0 Å². The van der Waals surface area contributed by atoms with Crippen LogP contribution in [0.1, 0.15) is 58.8 Å². The molecule has 0 fully saturated rings. The summed E-state index contributed by atoms with van der Waals surface area (Å²) in [5, 5.41) is 0. The molecule has 0 N–H and O–H groups in total. The largest absolute Gasteiger partial charge is 0.493 e. The Morgan fingerprint density at radius 2 is 1.11 bits per heavy atom. The molecule has 304 valence electrons. The predicted molar refractivity (Wildman–Crippen MR) is 154 cm³/mol. The molecule has 2 rings (SSSR count). The van der Waals surface area contributed by atoms with E-state index in [-0.39, 0.29) is 12.4 Å². The van der Waals surface area contributed by atoms with Crippen LogP contribution < -0.4 is 9.47 Å². The molecule has 1 heterocycles. The first-order valence-corrected chi connectivity index (χ1v) is 15.8. The summed E-state index contributed by atoms with van der Waals surface area (Å²) < 4.78 is 216. The van der Waals surface area contributed by atoms with Gasteiger partial charge < -0.3 is 14.2 Å². The van der Waals surface area contributed by atoms with Crippen molar-refractivity contribution < 1.29 is 89.5 Å². The van der Waals surface area contributed by atoms with Crippen LogP contribution in [0.4, 0.5) is 65.9 Å². The van der Waals surface area contributed by atoms with Crippen molar-refractivity contribution in [1.82, 2.24) is 9.97 Å². The lowest BCUT2D eigenvalue weighted by atomic mass is 10.1. The van der Waals surface area contributed by atoms with Crippen LogP contribution in [0.15, 0.2) is 36.7 Å². The van der Waals surface area contributed by atoms with E-state index < -0.39 is 61.6 Å². The Kier molecular flexibility index (Phi) is 15.9. The first kappa shape index (κ1) is 45.9. The van der Waals surface area contributed by atoms with E-state index in [9.17, 15) is 65.9 Å². The van der Waals surface area contributed by atoms with Crippen molar-refractivity contribution in [2.75, 3.05) is 26.4 Å². The third-order valence-electron chi connectivity index (χ3n) is 6.95. The molecule has 7 nitrogen and oxygen atoms in total. The molecule has 0 aliphatic heterocycles. The summed E-state index contributed by atoms with van der Waals surface area (Å²) >= 11 is 0. The number of aromatic nitrogens is 2. The average molecular weight is 801 g/mol. The number of nitrogens with zero attached hydrogens (tertiary/aromatic N) is 2. The first-order chi connectivity index (χ1) is 24.3. The SMILES string of the molecule is CCCCCCCCCOc1cnc(-c2ccc(OC[C@H](C)COCC(F)(F)OC(F)(F)C(F)(F)OC(F)(F)C(F)(F)C(F)(F)C(F)(F)F)cc2)nc1. The van der Waals surface area contributed by atoms with E-state index >= 15 is 0 Å². The van der Waals surface area contributed by atoms with E-state index in [4.69, 9.17) is 9.47 Å². The maximum Gasteiger partial charge on any atom is 0.460 e. The molecule has 0 aliphatic carbocycles. The molecule has 0 unspecified atom stereocenters. The molecule has 22 heteroatoms. The van der Waals surface area contributed by atoms with E-state index in [1.54, 1.807) is 16.9 Å². The molecule has 0 aliphatic rings. The van der Waals surface area contributed by atoms with Crippen molar-refractivity contribution in [2.24, 2.45) is 5.92 Å². The van der Waals surface area contributed by atoms with Gasteiger partial charge in [0, 0.05) is 11.5 Å². The lowest BCUT2D eigenvalue weighted by Gasteiger charge is -2.36. The molecule has 2 aromatic rings. The minimum absolute atomic E-state index is 0.251. The minimum atomic E-state index is -7.92. The van der Waals surface area contributed by atoms with Crippen molar-refractivity contribution in [1.29, 1.82) is 0 Å². The Balaban J connectivity index is 1.82. The van der Waals surface area contributed by atoms with Crippen molar-refractivity contribution in [3.05, 3.63) is 36.7 Å². The van der Waals surface area contributed by atoms with Crippen molar-refractivity contribution in [3.8, 4) is 22.9 Å². The molecule has 0 saturated carbocycles. The Morgan fingerprint density at radius 3 is 1.66 bits per heavy atom. The van der Waals surface area contributed by atoms with E-state index in [1.165, 1.54) is 57.1 Å². The second-order valence-electron chi connectivity index (χ2n) is 11.7. The lowest BCUT2D eigenvalue weighted by molar-refractivity contribution is -0.543. The van der Waals surface area contributed by atoms with Gasteiger partial charge in [-0.05, 0) is 30.7 Å². The molecule has 1 aromatic carbocycles. The van der Waals surface area contributed by atoms with Crippen LogP contribution in [0.5, 0.6) is 11.5 Å². The highest BCUT2D eigenvalue weighted by Crippen LogP contribution is 2.56. The van der Waals surface area contributed by atoms with Gasteiger partial charge in [-0.3, -0.25) is 0 Å². The molecular formula is C31H35F15N2O5. The number of benzene rings is 1. The highest BCUT2D eigenvalue weighted by Gasteiger charge is 2.85. The van der Waals surface area contributed by atoms with Crippen LogP contribution in [0.25, 0.3) is 11.4 Å². The maximum atomic E-state index is 13.8.